The lowest BCUT2D eigenvalue weighted by Gasteiger charge is -1.96. The van der Waals surface area contributed by atoms with Crippen molar-refractivity contribution in [3.05, 3.63) is 0 Å². The third-order valence-corrected chi connectivity index (χ3v) is 0.722. The van der Waals surface area contributed by atoms with Crippen LogP contribution in [0, 0.1) is 5.92 Å². The van der Waals surface area contributed by atoms with Gasteiger partial charge in [-0.2, -0.15) is 0 Å². The third kappa shape index (κ3) is 3.96. The van der Waals surface area contributed by atoms with Crippen molar-refractivity contribution >= 4 is 0 Å². The Morgan fingerprint density at radius 1 is 1.83 bits per heavy atom. The Labute approximate surface area is 41.0 Å². The van der Waals surface area contributed by atoms with Crippen LogP contribution in [0.5, 0.6) is 0 Å². The highest BCUT2D eigenvalue weighted by Gasteiger charge is 1.85. The van der Waals surface area contributed by atoms with Crippen LogP contribution in [0.4, 0.5) is 0 Å². The van der Waals surface area contributed by atoms with E-state index in [0.717, 1.165) is 18.9 Å². The second-order valence-corrected chi connectivity index (χ2v) is 1.93. The largest absolute Gasteiger partial charge is 0.330 e. The Balaban J connectivity index is 2.68. The predicted molar refractivity (Wildman–Crippen MR) is 28.5 cm³/mol. The Kier molecular flexibility index (Phi) is 2.18. The molecule has 0 bridgehead atoms. The smallest absolute Gasteiger partial charge is 0.118 e. The van der Waals surface area contributed by atoms with Crippen LogP contribution in [-0.2, 0) is 0 Å². The van der Waals surface area contributed by atoms with Crippen LogP contribution in [0.1, 0.15) is 20.3 Å². The number of nitrogens with two attached hydrogens (primary N) is 1. The van der Waals surface area contributed by atoms with Gasteiger partial charge in [0, 0.05) is 0 Å². The van der Waals surface area contributed by atoms with Gasteiger partial charge >= 0.3 is 0 Å². The van der Waals surface area contributed by atoms with Crippen molar-refractivity contribution < 1.29 is 1.41 Å². The van der Waals surface area contributed by atoms with E-state index in [1.807, 2.05) is 0 Å². The van der Waals surface area contributed by atoms with E-state index < -0.39 is 0 Å². The minimum absolute atomic E-state index is 0.720. The van der Waals surface area contributed by atoms with Gasteiger partial charge in [0.05, 0.1) is 0 Å². The number of rotatable bonds is 3. The summed E-state index contributed by atoms with van der Waals surface area (Å²) in [7, 11) is 0. The molecule has 0 fully saturated rings. The van der Waals surface area contributed by atoms with Gasteiger partial charge < -0.3 is 5.73 Å². The second kappa shape index (κ2) is 3.16. The zero-order valence-electron chi connectivity index (χ0n) is 5.49. The van der Waals surface area contributed by atoms with E-state index in [9.17, 15) is 0 Å². The summed E-state index contributed by atoms with van der Waals surface area (Å²) < 4.78 is 6.55. The zero-order chi connectivity index (χ0) is 5.70. The molecular weight excluding hydrogens is 74.1 g/mol. The Hall–Kier alpha value is -0.0400. The average molecular weight is 89.2 g/mol. The van der Waals surface area contributed by atoms with Crippen molar-refractivity contribution in [2.24, 2.45) is 11.6 Å². The zero-order valence-corrected chi connectivity index (χ0v) is 4.49. The van der Waals surface area contributed by atoms with Gasteiger partial charge in [-0.3, -0.25) is 0 Å². The molecule has 2 N–H and O–H groups in total. The maximum Gasteiger partial charge on any atom is 0.118 e. The predicted octanol–water partition coefficient (Wildman–Crippen LogP) is 0.991. The molecule has 1 nitrogen and oxygen atoms in total. The van der Waals surface area contributed by atoms with Crippen molar-refractivity contribution in [1.82, 2.24) is 0 Å². The summed E-state index contributed by atoms with van der Waals surface area (Å²) in [6.07, 6.45) is 1.10. The second-order valence-electron chi connectivity index (χ2n) is 1.93. The summed E-state index contributed by atoms with van der Waals surface area (Å²) in [5, 5.41) is 0. The van der Waals surface area contributed by atoms with E-state index >= 15 is 0 Å². The molecule has 0 saturated heterocycles. The SMILES string of the molecule is [3H]NCCC(C)C. The number of hydrogen-bond acceptors (Lipinski definition) is 1. The highest BCUT2D eigenvalue weighted by molar-refractivity contribution is 4.42. The average Bonchev–Trinajstić information content (AvgIpc) is 1.61. The van der Waals surface area contributed by atoms with Gasteiger partial charge in [-0.25, -0.2) is 0 Å². The van der Waals surface area contributed by atoms with Gasteiger partial charge in [0.15, 0.2) is 0 Å². The summed E-state index contributed by atoms with van der Waals surface area (Å²) in [6.45, 7) is 5.12. The van der Waals surface area contributed by atoms with Crippen LogP contribution < -0.4 is 5.73 Å². The van der Waals surface area contributed by atoms with Crippen LogP contribution in [0.15, 0.2) is 0 Å². The van der Waals surface area contributed by atoms with Crippen molar-refractivity contribution in [3.63, 3.8) is 0 Å². The molecule has 0 atom stereocenters. The fraction of sp³-hybridized carbons (Fsp3) is 1.00. The molecule has 0 spiro atoms. The van der Waals surface area contributed by atoms with Crippen LogP contribution in [-0.4, -0.2) is 6.54 Å². The highest BCUT2D eigenvalue weighted by Crippen LogP contribution is 1.93. The fourth-order valence-electron chi connectivity index (χ4n) is 0.289. The van der Waals surface area contributed by atoms with E-state index in [2.05, 4.69) is 19.6 Å². The van der Waals surface area contributed by atoms with E-state index in [1.54, 1.807) is 0 Å². The van der Waals surface area contributed by atoms with E-state index in [1.165, 1.54) is 0 Å². The molecule has 0 amide bonds. The van der Waals surface area contributed by atoms with Crippen LogP contribution >= 0.6 is 0 Å². The molecule has 0 unspecified atom stereocenters. The molecule has 0 aliphatic rings. The summed E-state index contributed by atoms with van der Waals surface area (Å²) in [4.78, 5) is 0. The lowest BCUT2D eigenvalue weighted by atomic mass is 10.1. The maximum atomic E-state index is 6.55. The molecule has 0 aromatic heterocycles. The van der Waals surface area contributed by atoms with Crippen molar-refractivity contribution in [1.29, 1.82) is 0 Å². The molecule has 0 aliphatic heterocycles. The molecule has 0 aromatic carbocycles. The number of hydrogen-bond donors (Lipinski definition) is 1. The molecule has 6 heavy (non-hydrogen) atoms. The Bertz CT molecular complexity index is 37.1. The minimum atomic E-state index is 0.720. The van der Waals surface area contributed by atoms with Crippen molar-refractivity contribution in [2.75, 3.05) is 6.54 Å². The first-order valence-electron chi connectivity index (χ1n) is 2.92. The minimum Gasteiger partial charge on any atom is -0.330 e. The van der Waals surface area contributed by atoms with Gasteiger partial charge in [-0.1, -0.05) is 13.8 Å². The summed E-state index contributed by atoms with van der Waals surface area (Å²) in [6, 6.07) is 0. The topological polar surface area (TPSA) is 26.0 Å². The molecule has 0 heterocycles. The van der Waals surface area contributed by atoms with Gasteiger partial charge in [0.1, 0.15) is 1.41 Å². The van der Waals surface area contributed by atoms with Gasteiger partial charge in [0.25, 0.3) is 0 Å². The Morgan fingerprint density at radius 3 is 2.67 bits per heavy atom. The van der Waals surface area contributed by atoms with Crippen LogP contribution in [0.3, 0.4) is 0 Å². The monoisotopic (exact) mass is 89.1 g/mol. The standard InChI is InChI=1S/C5H13N/c1-5(2)3-4-6/h5H,3-4,6H2,1-2H3/i/hT. The fourth-order valence-corrected chi connectivity index (χ4v) is 0.289. The first-order valence-corrected chi connectivity index (χ1v) is 2.42. The highest BCUT2D eigenvalue weighted by atomic mass is 14.5. The normalized spacial score (nSPS) is 12.2. The van der Waals surface area contributed by atoms with Gasteiger partial charge in [0.2, 0.25) is 0 Å². The van der Waals surface area contributed by atoms with Crippen LogP contribution in [0.25, 0.3) is 0 Å². The third-order valence-electron chi connectivity index (χ3n) is 0.722. The van der Waals surface area contributed by atoms with Gasteiger partial charge in [-0.15, -0.1) is 0 Å². The van der Waals surface area contributed by atoms with E-state index in [4.69, 9.17) is 1.41 Å². The molecule has 0 saturated carbocycles. The molecule has 38 valence electrons. The molecule has 0 aromatic rings. The van der Waals surface area contributed by atoms with Crippen LogP contribution in [0.2, 0.25) is 1.41 Å². The lowest BCUT2D eigenvalue weighted by Crippen LogP contribution is -2.01. The molecule has 1 heteroatoms. The van der Waals surface area contributed by atoms with Crippen molar-refractivity contribution in [3.8, 4) is 0 Å². The summed E-state index contributed by atoms with van der Waals surface area (Å²) >= 11 is 0. The molecule has 0 radical (unpaired) electrons. The van der Waals surface area contributed by atoms with Crippen molar-refractivity contribution in [2.45, 2.75) is 20.3 Å². The Morgan fingerprint density at radius 2 is 2.50 bits per heavy atom. The van der Waals surface area contributed by atoms with E-state index in [0.29, 0.717) is 0 Å². The molecule has 0 rings (SSSR count). The van der Waals surface area contributed by atoms with E-state index in [-0.39, 0.29) is 0 Å². The first-order chi connectivity index (χ1) is 3.27. The molecule has 0 aliphatic carbocycles. The summed E-state index contributed by atoms with van der Waals surface area (Å²) in [5.41, 5.74) is 2.35. The maximum absolute atomic E-state index is 6.55. The lowest BCUT2D eigenvalue weighted by molar-refractivity contribution is 0.596. The summed E-state index contributed by atoms with van der Waals surface area (Å²) in [5.74, 6) is 0.720. The van der Waals surface area contributed by atoms with Gasteiger partial charge in [-0.05, 0) is 18.9 Å². The quantitative estimate of drug-likeness (QED) is 0.548. The molecular formula is C5H13N. The first kappa shape index (κ1) is 4.13.